The molecule has 0 N–H and O–H groups in total. The molecule has 0 unspecified atom stereocenters. The average molecular weight is 252 g/mol. The summed E-state index contributed by atoms with van der Waals surface area (Å²) in [6.07, 6.45) is 5.11. The van der Waals surface area contributed by atoms with Gasteiger partial charge in [-0.2, -0.15) is 0 Å². The number of nitrogens with zero attached hydrogens (tertiary/aromatic N) is 1. The summed E-state index contributed by atoms with van der Waals surface area (Å²) in [5.41, 5.74) is 2.77. The fraction of sp³-hybridized carbons (Fsp3) is 0.385. The third-order valence-electron chi connectivity index (χ3n) is 3.31. The normalized spacial score (nSPS) is 19.5. The lowest BCUT2D eigenvalue weighted by atomic mass is 10.0. The van der Waals surface area contributed by atoms with Crippen LogP contribution in [0.25, 0.3) is 0 Å². The van der Waals surface area contributed by atoms with Crippen LogP contribution in [0.1, 0.15) is 25.7 Å². The van der Waals surface area contributed by atoms with Crippen LogP contribution in [-0.4, -0.2) is 7.05 Å². The highest BCUT2D eigenvalue weighted by atomic mass is 35.5. The number of thioether (sulfide) groups is 1. The predicted molar refractivity (Wildman–Crippen MR) is 71.2 cm³/mol. The molecule has 0 amide bonds. The van der Waals surface area contributed by atoms with Crippen molar-refractivity contribution < 1.29 is 0 Å². The van der Waals surface area contributed by atoms with Gasteiger partial charge in [-0.25, -0.2) is 0 Å². The molecule has 1 aromatic rings. The van der Waals surface area contributed by atoms with Crippen LogP contribution in [0.5, 0.6) is 0 Å². The number of allylic oxidation sites excluding steroid dienone is 2. The summed E-state index contributed by atoms with van der Waals surface area (Å²) in [6.45, 7) is 0. The summed E-state index contributed by atoms with van der Waals surface area (Å²) in [5.74, 6) is 0. The lowest BCUT2D eigenvalue weighted by Crippen LogP contribution is -2.23. The van der Waals surface area contributed by atoms with Crippen molar-refractivity contribution in [3.8, 4) is 0 Å². The molecule has 2 aliphatic rings. The summed E-state index contributed by atoms with van der Waals surface area (Å²) in [7, 11) is 2.16. The van der Waals surface area contributed by atoms with Crippen LogP contribution in [0.2, 0.25) is 5.02 Å². The van der Waals surface area contributed by atoms with E-state index >= 15 is 0 Å². The van der Waals surface area contributed by atoms with Crippen molar-refractivity contribution in [2.45, 2.75) is 30.6 Å². The first-order valence-corrected chi connectivity index (χ1v) is 6.88. The number of benzene rings is 1. The SMILES string of the molecule is CN1C2=C(CCCC2)Sc2ccc(Cl)cc21. The fourth-order valence-electron chi connectivity index (χ4n) is 2.44. The van der Waals surface area contributed by atoms with Crippen molar-refractivity contribution in [3.63, 3.8) is 0 Å². The van der Waals surface area contributed by atoms with Crippen LogP contribution in [0.4, 0.5) is 5.69 Å². The van der Waals surface area contributed by atoms with Gasteiger partial charge in [0.15, 0.2) is 0 Å². The molecule has 0 radical (unpaired) electrons. The van der Waals surface area contributed by atoms with Gasteiger partial charge in [0.25, 0.3) is 0 Å². The van der Waals surface area contributed by atoms with E-state index in [4.69, 9.17) is 11.6 Å². The van der Waals surface area contributed by atoms with Gasteiger partial charge < -0.3 is 4.90 Å². The molecule has 0 saturated carbocycles. The van der Waals surface area contributed by atoms with Crippen LogP contribution >= 0.6 is 23.4 Å². The largest absolute Gasteiger partial charge is 0.346 e. The van der Waals surface area contributed by atoms with E-state index in [9.17, 15) is 0 Å². The van der Waals surface area contributed by atoms with Gasteiger partial charge in [-0.3, -0.25) is 0 Å². The van der Waals surface area contributed by atoms with E-state index in [1.165, 1.54) is 42.0 Å². The Morgan fingerprint density at radius 2 is 2.06 bits per heavy atom. The van der Waals surface area contributed by atoms with Gasteiger partial charge in [0.2, 0.25) is 0 Å². The molecule has 1 aliphatic carbocycles. The second kappa shape index (κ2) is 4.01. The zero-order valence-corrected chi connectivity index (χ0v) is 10.9. The summed E-state index contributed by atoms with van der Waals surface area (Å²) < 4.78 is 0. The van der Waals surface area contributed by atoms with Gasteiger partial charge in [0, 0.05) is 27.6 Å². The van der Waals surface area contributed by atoms with Gasteiger partial charge in [0.05, 0.1) is 5.69 Å². The second-order valence-electron chi connectivity index (χ2n) is 4.35. The molecule has 1 aliphatic heterocycles. The Bertz CT molecular complexity index is 467. The molecule has 0 spiro atoms. The average Bonchev–Trinajstić information content (AvgIpc) is 2.31. The highest BCUT2D eigenvalue weighted by Crippen LogP contribution is 2.48. The summed E-state index contributed by atoms with van der Waals surface area (Å²) in [5, 5.41) is 0.825. The van der Waals surface area contributed by atoms with Gasteiger partial charge in [-0.15, -0.1) is 0 Å². The molecular weight excluding hydrogens is 238 g/mol. The lowest BCUT2D eigenvalue weighted by Gasteiger charge is -2.34. The molecular formula is C13H14ClNS. The predicted octanol–water partition coefficient (Wildman–Crippen LogP) is 4.67. The molecule has 0 saturated heterocycles. The van der Waals surface area contributed by atoms with Crippen LogP contribution in [0.15, 0.2) is 33.7 Å². The van der Waals surface area contributed by atoms with Crippen molar-refractivity contribution in [2.24, 2.45) is 0 Å². The van der Waals surface area contributed by atoms with E-state index in [-0.39, 0.29) is 0 Å². The number of rotatable bonds is 0. The Morgan fingerprint density at radius 1 is 1.25 bits per heavy atom. The Balaban J connectivity index is 2.07. The van der Waals surface area contributed by atoms with E-state index in [0.717, 1.165) is 5.02 Å². The Labute approximate surface area is 105 Å². The van der Waals surface area contributed by atoms with E-state index in [0.29, 0.717) is 0 Å². The minimum atomic E-state index is 0.825. The monoisotopic (exact) mass is 251 g/mol. The zero-order valence-electron chi connectivity index (χ0n) is 9.29. The molecule has 0 aromatic heterocycles. The van der Waals surface area contributed by atoms with E-state index in [1.54, 1.807) is 4.91 Å². The topological polar surface area (TPSA) is 3.24 Å². The molecule has 16 heavy (non-hydrogen) atoms. The van der Waals surface area contributed by atoms with Crippen molar-refractivity contribution in [1.82, 2.24) is 0 Å². The maximum absolute atomic E-state index is 6.07. The minimum Gasteiger partial charge on any atom is -0.346 e. The van der Waals surface area contributed by atoms with Crippen molar-refractivity contribution >= 4 is 29.1 Å². The summed E-state index contributed by atoms with van der Waals surface area (Å²) >= 11 is 8.00. The van der Waals surface area contributed by atoms with Crippen LogP contribution in [-0.2, 0) is 0 Å². The summed E-state index contributed by atoms with van der Waals surface area (Å²) in [4.78, 5) is 5.22. The fourth-order valence-corrected chi connectivity index (χ4v) is 3.91. The van der Waals surface area contributed by atoms with Crippen LogP contribution < -0.4 is 4.90 Å². The Morgan fingerprint density at radius 3 is 2.94 bits per heavy atom. The third-order valence-corrected chi connectivity index (χ3v) is 4.80. The highest BCUT2D eigenvalue weighted by molar-refractivity contribution is 8.03. The van der Waals surface area contributed by atoms with E-state index < -0.39 is 0 Å². The maximum Gasteiger partial charge on any atom is 0.0562 e. The molecule has 0 atom stereocenters. The lowest BCUT2D eigenvalue weighted by molar-refractivity contribution is 0.675. The number of halogens is 1. The molecule has 3 heteroatoms. The van der Waals surface area contributed by atoms with Crippen molar-refractivity contribution in [1.29, 1.82) is 0 Å². The Hall–Kier alpha value is -0.600. The molecule has 1 nitrogen and oxygen atoms in total. The molecule has 0 fully saturated rings. The summed E-state index contributed by atoms with van der Waals surface area (Å²) in [6, 6.07) is 6.19. The zero-order chi connectivity index (χ0) is 11.1. The van der Waals surface area contributed by atoms with Gasteiger partial charge in [-0.1, -0.05) is 23.4 Å². The number of fused-ring (bicyclic) bond motifs is 1. The maximum atomic E-state index is 6.07. The smallest absolute Gasteiger partial charge is 0.0562 e. The third kappa shape index (κ3) is 1.64. The standard InChI is InChI=1S/C13H14ClNS/c1-15-10-4-2-3-5-12(10)16-13-7-6-9(14)8-11(13)15/h6-8H,2-5H2,1H3. The first-order chi connectivity index (χ1) is 7.75. The Kier molecular flexibility index (Phi) is 2.64. The minimum absolute atomic E-state index is 0.825. The molecule has 3 rings (SSSR count). The highest BCUT2D eigenvalue weighted by Gasteiger charge is 2.25. The van der Waals surface area contributed by atoms with Crippen LogP contribution in [0.3, 0.4) is 0 Å². The quantitative estimate of drug-likeness (QED) is 0.659. The van der Waals surface area contributed by atoms with Crippen LogP contribution in [0, 0.1) is 0 Å². The second-order valence-corrected chi connectivity index (χ2v) is 5.92. The molecule has 1 aromatic carbocycles. The number of anilines is 1. The van der Waals surface area contributed by atoms with Crippen molar-refractivity contribution in [2.75, 3.05) is 11.9 Å². The van der Waals surface area contributed by atoms with Gasteiger partial charge in [-0.05, 0) is 43.9 Å². The first kappa shape index (κ1) is 10.5. The van der Waals surface area contributed by atoms with Gasteiger partial charge in [0.1, 0.15) is 0 Å². The van der Waals surface area contributed by atoms with E-state index in [1.807, 2.05) is 17.8 Å². The van der Waals surface area contributed by atoms with E-state index in [2.05, 4.69) is 24.1 Å². The first-order valence-electron chi connectivity index (χ1n) is 5.69. The number of hydrogen-bond donors (Lipinski definition) is 0. The molecule has 0 bridgehead atoms. The number of hydrogen-bond acceptors (Lipinski definition) is 2. The van der Waals surface area contributed by atoms with Gasteiger partial charge >= 0.3 is 0 Å². The van der Waals surface area contributed by atoms with Crippen molar-refractivity contribution in [3.05, 3.63) is 33.8 Å². The molecule has 1 heterocycles. The molecule has 84 valence electrons.